The van der Waals surface area contributed by atoms with Gasteiger partial charge in [-0.25, -0.2) is 14.4 Å². The van der Waals surface area contributed by atoms with Crippen molar-refractivity contribution >= 4 is 22.4 Å². The average Bonchev–Trinajstić information content (AvgIpc) is 3.23. The van der Waals surface area contributed by atoms with E-state index in [9.17, 15) is 9.18 Å². The number of methoxy groups -OCH3 is 1. The average molecular weight is 406 g/mol. The smallest absolute Gasteiger partial charge is 0.259 e. The lowest BCUT2D eigenvalue weighted by Gasteiger charge is -2.08. The molecule has 1 aromatic carbocycles. The number of carbonyl (C=O) groups is 1. The molecule has 3 heterocycles. The van der Waals surface area contributed by atoms with Crippen molar-refractivity contribution in [2.75, 3.05) is 12.4 Å². The molecule has 1 N–H and O–H groups in total. The summed E-state index contributed by atoms with van der Waals surface area (Å²) in [5, 5.41) is 5.03. The first kappa shape index (κ1) is 18.7. The minimum Gasteiger partial charge on any atom is -0.481 e. The molecule has 1 amide bonds. The second kappa shape index (κ2) is 8.15. The van der Waals surface area contributed by atoms with Gasteiger partial charge in [-0.1, -0.05) is 6.07 Å². The largest absolute Gasteiger partial charge is 0.481 e. The van der Waals surface area contributed by atoms with Crippen molar-refractivity contribution in [3.63, 3.8) is 0 Å². The molecule has 0 aliphatic rings. The maximum atomic E-state index is 13.2. The van der Waals surface area contributed by atoms with Gasteiger partial charge in [-0.3, -0.25) is 15.1 Å². The summed E-state index contributed by atoms with van der Waals surface area (Å²) < 4.78 is 18.4. The van der Waals surface area contributed by atoms with Gasteiger partial charge in [0.15, 0.2) is 5.13 Å². The zero-order chi connectivity index (χ0) is 20.2. The fourth-order valence-corrected chi connectivity index (χ4v) is 3.41. The van der Waals surface area contributed by atoms with Crippen LogP contribution in [0.1, 0.15) is 10.4 Å². The van der Waals surface area contributed by atoms with Gasteiger partial charge in [-0.05, 0) is 42.5 Å². The van der Waals surface area contributed by atoms with Crippen LogP contribution in [0.25, 0.3) is 22.6 Å². The molecule has 3 aromatic heterocycles. The molecule has 0 fully saturated rings. The predicted octanol–water partition coefficient (Wildman–Crippen LogP) is 4.67. The van der Waals surface area contributed by atoms with Crippen LogP contribution in [0.15, 0.2) is 66.2 Å². The molecule has 29 heavy (non-hydrogen) atoms. The number of rotatable bonds is 5. The predicted molar refractivity (Wildman–Crippen MR) is 109 cm³/mol. The molecule has 0 unspecified atom stereocenters. The molecule has 0 saturated heterocycles. The number of aromatic nitrogens is 3. The third kappa shape index (κ3) is 4.12. The van der Waals surface area contributed by atoms with Crippen molar-refractivity contribution in [2.45, 2.75) is 0 Å². The molecule has 4 aromatic rings. The summed E-state index contributed by atoms with van der Waals surface area (Å²) in [5.74, 6) is -0.213. The highest BCUT2D eigenvalue weighted by Crippen LogP contribution is 2.27. The van der Waals surface area contributed by atoms with Crippen LogP contribution in [0.2, 0.25) is 0 Å². The Balaban J connectivity index is 1.58. The summed E-state index contributed by atoms with van der Waals surface area (Å²) in [6, 6.07) is 14.6. The highest BCUT2D eigenvalue weighted by Gasteiger charge is 2.16. The lowest BCUT2D eigenvalue weighted by atomic mass is 10.1. The van der Waals surface area contributed by atoms with E-state index in [1.54, 1.807) is 43.6 Å². The maximum absolute atomic E-state index is 13.2. The number of nitrogens with one attached hydrogen (secondary N) is 1. The van der Waals surface area contributed by atoms with Crippen molar-refractivity contribution in [2.24, 2.45) is 0 Å². The molecule has 0 bridgehead atoms. The van der Waals surface area contributed by atoms with Crippen LogP contribution in [0.5, 0.6) is 5.88 Å². The fraction of sp³-hybridized carbons (Fsp3) is 0.0476. The number of nitrogens with zero attached hydrogens (tertiary/aromatic N) is 3. The first-order chi connectivity index (χ1) is 14.1. The second-order valence-corrected chi connectivity index (χ2v) is 6.82. The normalized spacial score (nSPS) is 10.6. The number of benzene rings is 1. The molecular formula is C21H15FN4O2S. The number of hydrogen-bond donors (Lipinski definition) is 1. The SMILES string of the molecule is COc1cccc(-c2csc(NC(=O)c3cccnc3-c3ccc(F)cc3)n2)n1. The molecular weight excluding hydrogens is 391 g/mol. The van der Waals surface area contributed by atoms with E-state index in [-0.39, 0.29) is 11.7 Å². The van der Waals surface area contributed by atoms with Crippen molar-refractivity contribution in [1.29, 1.82) is 0 Å². The molecule has 144 valence electrons. The van der Waals surface area contributed by atoms with Crippen LogP contribution in [-0.2, 0) is 0 Å². The topological polar surface area (TPSA) is 77.0 Å². The molecule has 8 heteroatoms. The van der Waals surface area contributed by atoms with Crippen LogP contribution < -0.4 is 10.1 Å². The Hall–Kier alpha value is -3.65. The van der Waals surface area contributed by atoms with Crippen LogP contribution in [0.3, 0.4) is 0 Å². The Morgan fingerprint density at radius 2 is 1.86 bits per heavy atom. The van der Waals surface area contributed by atoms with Crippen molar-refractivity contribution in [3.05, 3.63) is 77.6 Å². The van der Waals surface area contributed by atoms with Gasteiger partial charge >= 0.3 is 0 Å². The van der Waals surface area contributed by atoms with Crippen molar-refractivity contribution in [1.82, 2.24) is 15.0 Å². The molecule has 0 aliphatic heterocycles. The summed E-state index contributed by atoms with van der Waals surface area (Å²) in [7, 11) is 1.55. The fourth-order valence-electron chi connectivity index (χ4n) is 2.71. The number of hydrogen-bond acceptors (Lipinski definition) is 6. The van der Waals surface area contributed by atoms with Gasteiger partial charge in [0.1, 0.15) is 11.5 Å². The van der Waals surface area contributed by atoms with Gasteiger partial charge < -0.3 is 4.74 Å². The van der Waals surface area contributed by atoms with E-state index in [0.29, 0.717) is 39.2 Å². The summed E-state index contributed by atoms with van der Waals surface area (Å²) in [4.78, 5) is 25.9. The van der Waals surface area contributed by atoms with Crippen molar-refractivity contribution in [3.8, 4) is 28.5 Å². The standard InChI is InChI=1S/C21H15FN4O2S/c1-28-18-6-2-5-16(24-18)17-12-29-21(25-17)26-20(27)15-4-3-11-23-19(15)13-7-9-14(22)10-8-13/h2-12H,1H3,(H,25,26,27). The summed E-state index contributed by atoms with van der Waals surface area (Å²) >= 11 is 1.29. The van der Waals surface area contributed by atoms with Crippen LogP contribution in [0.4, 0.5) is 9.52 Å². The van der Waals surface area contributed by atoms with E-state index in [0.717, 1.165) is 0 Å². The molecule has 4 rings (SSSR count). The minimum atomic E-state index is -0.350. The molecule has 0 atom stereocenters. The van der Waals surface area contributed by atoms with Gasteiger partial charge in [0.25, 0.3) is 5.91 Å². The second-order valence-electron chi connectivity index (χ2n) is 5.96. The highest BCUT2D eigenvalue weighted by molar-refractivity contribution is 7.14. The maximum Gasteiger partial charge on any atom is 0.259 e. The summed E-state index contributed by atoms with van der Waals surface area (Å²) in [5.41, 5.74) is 2.77. The molecule has 0 saturated carbocycles. The third-order valence-electron chi connectivity index (χ3n) is 4.09. The summed E-state index contributed by atoms with van der Waals surface area (Å²) in [6.07, 6.45) is 1.59. The number of halogens is 1. The highest BCUT2D eigenvalue weighted by atomic mass is 32.1. The molecule has 0 aliphatic carbocycles. The number of carbonyl (C=O) groups excluding carboxylic acids is 1. The Morgan fingerprint density at radius 3 is 2.66 bits per heavy atom. The first-order valence-corrected chi connectivity index (χ1v) is 9.51. The Labute approximate surface area is 170 Å². The molecule has 6 nitrogen and oxygen atoms in total. The van der Waals surface area contributed by atoms with Crippen LogP contribution >= 0.6 is 11.3 Å². The number of thiazole rings is 1. The van der Waals surface area contributed by atoms with Crippen LogP contribution in [0, 0.1) is 5.82 Å². The van der Waals surface area contributed by atoms with Gasteiger partial charge in [0.2, 0.25) is 5.88 Å². The summed E-state index contributed by atoms with van der Waals surface area (Å²) in [6.45, 7) is 0. The zero-order valence-electron chi connectivity index (χ0n) is 15.3. The monoisotopic (exact) mass is 406 g/mol. The van der Waals surface area contributed by atoms with Crippen LogP contribution in [-0.4, -0.2) is 28.0 Å². The van der Waals surface area contributed by atoms with Gasteiger partial charge in [0, 0.05) is 23.2 Å². The zero-order valence-corrected chi connectivity index (χ0v) is 16.1. The van der Waals surface area contributed by atoms with E-state index in [1.165, 1.54) is 23.5 Å². The number of amides is 1. The Bertz CT molecular complexity index is 1160. The molecule has 0 spiro atoms. The first-order valence-electron chi connectivity index (χ1n) is 8.63. The Kier molecular flexibility index (Phi) is 5.26. The van der Waals surface area contributed by atoms with Gasteiger partial charge in [-0.2, -0.15) is 0 Å². The lowest BCUT2D eigenvalue weighted by Crippen LogP contribution is -2.13. The van der Waals surface area contributed by atoms with E-state index < -0.39 is 0 Å². The Morgan fingerprint density at radius 1 is 1.03 bits per heavy atom. The van der Waals surface area contributed by atoms with E-state index >= 15 is 0 Å². The number of ether oxygens (including phenoxy) is 1. The minimum absolute atomic E-state index is 0.350. The van der Waals surface area contributed by atoms with E-state index in [2.05, 4.69) is 20.3 Å². The molecule has 0 radical (unpaired) electrons. The number of pyridine rings is 2. The lowest BCUT2D eigenvalue weighted by molar-refractivity contribution is 0.102. The van der Waals surface area contributed by atoms with Gasteiger partial charge in [-0.15, -0.1) is 11.3 Å². The number of anilines is 1. The third-order valence-corrected chi connectivity index (χ3v) is 4.85. The van der Waals surface area contributed by atoms with E-state index in [4.69, 9.17) is 4.74 Å². The quantitative estimate of drug-likeness (QED) is 0.521. The van der Waals surface area contributed by atoms with Crippen molar-refractivity contribution < 1.29 is 13.9 Å². The van der Waals surface area contributed by atoms with E-state index in [1.807, 2.05) is 17.5 Å². The van der Waals surface area contributed by atoms with Gasteiger partial charge in [0.05, 0.1) is 24.1 Å².